The lowest BCUT2D eigenvalue weighted by molar-refractivity contribution is -0.147. The molecule has 0 aromatic rings. The largest absolute Gasteiger partial charge is 0.450 e. The van der Waals surface area contributed by atoms with Crippen molar-refractivity contribution in [2.45, 2.75) is 11.8 Å². The first-order valence-electron chi connectivity index (χ1n) is 4.86. The second-order valence-electron chi connectivity index (χ2n) is 3.31. The van der Waals surface area contributed by atoms with E-state index in [9.17, 15) is 9.59 Å². The summed E-state index contributed by atoms with van der Waals surface area (Å²) >= 11 is 2.95. The van der Waals surface area contributed by atoms with Gasteiger partial charge in [0.1, 0.15) is 11.6 Å². The monoisotopic (exact) mass is 260 g/mol. The van der Waals surface area contributed by atoms with E-state index in [-0.39, 0.29) is 17.2 Å². The standard InChI is InChI=1S/C9H12N2O3S2/c10-1-2-15-5-14-9(13)6-4-16-8-3-7(12)11(6)8/h4,8H,1-3,5,10H2/t8-/m1/s1. The Morgan fingerprint density at radius 2 is 2.56 bits per heavy atom. The number of β-lactam (4-membered cyclic amide) rings is 1. The molecule has 0 spiro atoms. The fraction of sp³-hybridized carbons (Fsp3) is 0.556. The van der Waals surface area contributed by atoms with Crippen LogP contribution in [0.4, 0.5) is 0 Å². The molecule has 88 valence electrons. The Hall–Kier alpha value is -0.660. The molecular weight excluding hydrogens is 248 g/mol. The van der Waals surface area contributed by atoms with E-state index in [1.807, 2.05) is 0 Å². The molecule has 5 nitrogen and oxygen atoms in total. The quantitative estimate of drug-likeness (QED) is 0.332. The number of nitrogens with two attached hydrogens (primary N) is 1. The highest BCUT2D eigenvalue weighted by molar-refractivity contribution is 8.03. The van der Waals surface area contributed by atoms with E-state index in [4.69, 9.17) is 10.5 Å². The van der Waals surface area contributed by atoms with Crippen molar-refractivity contribution >= 4 is 35.4 Å². The van der Waals surface area contributed by atoms with E-state index >= 15 is 0 Å². The normalized spacial score (nSPS) is 22.6. The zero-order valence-corrected chi connectivity index (χ0v) is 10.2. The second kappa shape index (κ2) is 5.11. The molecule has 2 aliphatic rings. The molecule has 1 atom stereocenters. The highest BCUT2D eigenvalue weighted by atomic mass is 32.2. The number of esters is 1. The van der Waals surface area contributed by atoms with Crippen molar-refractivity contribution < 1.29 is 14.3 Å². The molecule has 0 aliphatic carbocycles. The summed E-state index contributed by atoms with van der Waals surface area (Å²) in [4.78, 5) is 24.3. The molecule has 1 amide bonds. The fourth-order valence-electron chi connectivity index (χ4n) is 1.44. The maximum absolute atomic E-state index is 11.6. The predicted octanol–water partition coefficient (Wildman–Crippen LogP) is 0.326. The van der Waals surface area contributed by atoms with Crippen molar-refractivity contribution in [2.24, 2.45) is 5.73 Å². The lowest BCUT2D eigenvalue weighted by Crippen LogP contribution is -2.48. The molecule has 0 aromatic heterocycles. The van der Waals surface area contributed by atoms with Crippen LogP contribution in [0.2, 0.25) is 0 Å². The summed E-state index contributed by atoms with van der Waals surface area (Å²) in [7, 11) is 0. The van der Waals surface area contributed by atoms with Crippen molar-refractivity contribution in [3.05, 3.63) is 11.1 Å². The van der Waals surface area contributed by atoms with E-state index in [2.05, 4.69) is 0 Å². The topological polar surface area (TPSA) is 72.6 Å². The van der Waals surface area contributed by atoms with Crippen LogP contribution in [0.15, 0.2) is 11.1 Å². The molecule has 0 unspecified atom stereocenters. The molecule has 2 aliphatic heterocycles. The fourth-order valence-corrected chi connectivity index (χ4v) is 3.01. The van der Waals surface area contributed by atoms with Crippen LogP contribution in [0, 0.1) is 0 Å². The van der Waals surface area contributed by atoms with Crippen molar-refractivity contribution in [1.82, 2.24) is 4.90 Å². The minimum absolute atomic E-state index is 0.00666. The Kier molecular flexibility index (Phi) is 3.78. The van der Waals surface area contributed by atoms with Crippen LogP contribution in [0.25, 0.3) is 0 Å². The lowest BCUT2D eigenvalue weighted by Gasteiger charge is -2.34. The molecule has 1 saturated heterocycles. The molecule has 1 fully saturated rings. The van der Waals surface area contributed by atoms with Gasteiger partial charge < -0.3 is 10.5 Å². The first kappa shape index (κ1) is 11.8. The molecule has 7 heteroatoms. The van der Waals surface area contributed by atoms with Gasteiger partial charge in [-0.15, -0.1) is 23.5 Å². The summed E-state index contributed by atoms with van der Waals surface area (Å²) in [5, 5.41) is 1.82. The number of carbonyl (C=O) groups is 2. The first-order chi connectivity index (χ1) is 7.74. The van der Waals surface area contributed by atoms with Crippen LogP contribution in [0.5, 0.6) is 0 Å². The Bertz CT molecular complexity index is 346. The molecule has 2 N–H and O–H groups in total. The third-order valence-electron chi connectivity index (χ3n) is 2.25. The van der Waals surface area contributed by atoms with Gasteiger partial charge in [0, 0.05) is 17.7 Å². The minimum atomic E-state index is -0.424. The summed E-state index contributed by atoms with van der Waals surface area (Å²) in [6, 6.07) is 0. The van der Waals surface area contributed by atoms with Crippen LogP contribution in [-0.4, -0.2) is 40.4 Å². The molecule has 0 radical (unpaired) electrons. The van der Waals surface area contributed by atoms with Crippen LogP contribution in [0.3, 0.4) is 0 Å². The van der Waals surface area contributed by atoms with Gasteiger partial charge in [-0.25, -0.2) is 4.79 Å². The lowest BCUT2D eigenvalue weighted by atomic mass is 10.2. The minimum Gasteiger partial charge on any atom is -0.450 e. The van der Waals surface area contributed by atoms with Crippen LogP contribution in [0.1, 0.15) is 6.42 Å². The number of rotatable bonds is 5. The van der Waals surface area contributed by atoms with Crippen molar-refractivity contribution in [3.63, 3.8) is 0 Å². The van der Waals surface area contributed by atoms with Crippen molar-refractivity contribution in [3.8, 4) is 0 Å². The molecule has 0 bridgehead atoms. The molecular formula is C9H12N2O3S2. The molecule has 2 rings (SSSR count). The third kappa shape index (κ3) is 2.21. The number of amides is 1. The first-order valence-corrected chi connectivity index (χ1v) is 6.96. The summed E-state index contributed by atoms with van der Waals surface area (Å²) in [5.41, 5.74) is 5.68. The molecule has 2 heterocycles. The highest BCUT2D eigenvalue weighted by Gasteiger charge is 2.45. The zero-order valence-electron chi connectivity index (χ0n) is 8.55. The second-order valence-corrected chi connectivity index (χ2v) is 5.41. The number of carbonyl (C=O) groups excluding carboxylic acids is 2. The Morgan fingerprint density at radius 1 is 1.75 bits per heavy atom. The van der Waals surface area contributed by atoms with Gasteiger partial charge in [0.15, 0.2) is 0 Å². The number of nitrogens with zero attached hydrogens (tertiary/aromatic N) is 1. The maximum atomic E-state index is 11.6. The number of hydrogen-bond donors (Lipinski definition) is 1. The third-order valence-corrected chi connectivity index (χ3v) is 4.11. The number of thioether (sulfide) groups is 2. The average molecular weight is 260 g/mol. The summed E-state index contributed by atoms with van der Waals surface area (Å²) in [6.07, 6.45) is 0.514. The predicted molar refractivity (Wildman–Crippen MR) is 63.4 cm³/mol. The molecule has 16 heavy (non-hydrogen) atoms. The molecule has 0 saturated carbocycles. The van der Waals surface area contributed by atoms with Gasteiger partial charge in [-0.05, 0) is 0 Å². The number of fused-ring (bicyclic) bond motifs is 1. The molecule has 0 aromatic carbocycles. The van der Waals surface area contributed by atoms with Crippen LogP contribution < -0.4 is 5.73 Å². The van der Waals surface area contributed by atoms with Gasteiger partial charge in [0.25, 0.3) is 0 Å². The highest BCUT2D eigenvalue weighted by Crippen LogP contribution is 2.40. The summed E-state index contributed by atoms with van der Waals surface area (Å²) in [6.45, 7) is 0.563. The maximum Gasteiger partial charge on any atom is 0.356 e. The zero-order chi connectivity index (χ0) is 11.5. The average Bonchev–Trinajstić information content (AvgIpc) is 2.61. The van der Waals surface area contributed by atoms with E-state index < -0.39 is 5.97 Å². The van der Waals surface area contributed by atoms with Gasteiger partial charge in [-0.2, -0.15) is 0 Å². The van der Waals surface area contributed by atoms with Gasteiger partial charge in [0.2, 0.25) is 5.91 Å². The van der Waals surface area contributed by atoms with Gasteiger partial charge in [-0.3, -0.25) is 9.69 Å². The van der Waals surface area contributed by atoms with Crippen LogP contribution in [-0.2, 0) is 14.3 Å². The van der Waals surface area contributed by atoms with Gasteiger partial charge in [0.05, 0.1) is 11.8 Å². The summed E-state index contributed by atoms with van der Waals surface area (Å²) in [5.74, 6) is 0.609. The van der Waals surface area contributed by atoms with Crippen LogP contribution >= 0.6 is 23.5 Å². The van der Waals surface area contributed by atoms with E-state index in [1.54, 1.807) is 5.41 Å². The van der Waals surface area contributed by atoms with E-state index in [0.29, 0.717) is 18.7 Å². The van der Waals surface area contributed by atoms with Gasteiger partial charge >= 0.3 is 5.97 Å². The summed E-state index contributed by atoms with van der Waals surface area (Å²) < 4.78 is 5.02. The van der Waals surface area contributed by atoms with Crippen molar-refractivity contribution in [2.75, 3.05) is 18.2 Å². The number of hydrogen-bond acceptors (Lipinski definition) is 6. The van der Waals surface area contributed by atoms with Gasteiger partial charge in [-0.1, -0.05) is 0 Å². The SMILES string of the molecule is NCCSCOC(=O)C1=CS[C@@H]2CC(=O)N12. The van der Waals surface area contributed by atoms with Crippen molar-refractivity contribution in [1.29, 1.82) is 0 Å². The Balaban J connectivity index is 1.79. The Morgan fingerprint density at radius 3 is 3.25 bits per heavy atom. The number of ether oxygens (including phenoxy) is 1. The smallest absolute Gasteiger partial charge is 0.356 e. The van der Waals surface area contributed by atoms with E-state index in [0.717, 1.165) is 5.75 Å². The van der Waals surface area contributed by atoms with E-state index in [1.165, 1.54) is 28.4 Å². The Labute approximate surface area is 102 Å².